The third-order valence-electron chi connectivity index (χ3n) is 3.65. The van der Waals surface area contributed by atoms with Gasteiger partial charge in [-0.15, -0.1) is 0 Å². The van der Waals surface area contributed by atoms with Crippen molar-refractivity contribution < 1.29 is 9.53 Å². The van der Waals surface area contributed by atoms with Gasteiger partial charge in [0.05, 0.1) is 5.56 Å². The molecule has 2 N–H and O–H groups in total. The minimum atomic E-state index is -0.336. The highest BCUT2D eigenvalue weighted by atomic mass is 16.5. The van der Waals surface area contributed by atoms with Crippen LogP contribution in [0.4, 0.5) is 5.69 Å². The van der Waals surface area contributed by atoms with Gasteiger partial charge in [-0.05, 0) is 47.2 Å². The average Bonchev–Trinajstić information content (AvgIpc) is 2.47. The van der Waals surface area contributed by atoms with Gasteiger partial charge < -0.3 is 10.5 Å². The van der Waals surface area contributed by atoms with Crippen LogP contribution in [0, 0.1) is 0 Å². The van der Waals surface area contributed by atoms with Gasteiger partial charge in [0.2, 0.25) is 0 Å². The summed E-state index contributed by atoms with van der Waals surface area (Å²) in [5.74, 6) is 0.656. The monoisotopic (exact) mass is 297 g/mol. The molecule has 22 heavy (non-hydrogen) atoms. The highest BCUT2D eigenvalue weighted by Crippen LogP contribution is 2.34. The van der Waals surface area contributed by atoms with E-state index in [1.54, 1.807) is 24.3 Å². The molecule has 0 saturated heterocycles. The van der Waals surface area contributed by atoms with E-state index >= 15 is 0 Å². The summed E-state index contributed by atoms with van der Waals surface area (Å²) >= 11 is 0. The summed E-state index contributed by atoms with van der Waals surface area (Å²) < 4.78 is 5.49. The van der Waals surface area contributed by atoms with Crippen molar-refractivity contribution >= 4 is 11.7 Å². The van der Waals surface area contributed by atoms with E-state index in [0.717, 1.165) is 16.8 Å². The zero-order chi connectivity index (χ0) is 16.3. The predicted octanol–water partition coefficient (Wildman–Crippen LogP) is 4.73. The summed E-state index contributed by atoms with van der Waals surface area (Å²) in [6, 6.07) is 12.7. The van der Waals surface area contributed by atoms with E-state index in [2.05, 4.69) is 27.7 Å². The summed E-state index contributed by atoms with van der Waals surface area (Å²) in [5.41, 5.74) is 9.48. The maximum atomic E-state index is 12.6. The minimum absolute atomic E-state index is 0.194. The predicted molar refractivity (Wildman–Crippen MR) is 90.4 cm³/mol. The molecule has 0 aliphatic heterocycles. The molecular formula is C19H23NO2. The van der Waals surface area contributed by atoms with Gasteiger partial charge in [0, 0.05) is 5.69 Å². The Labute approximate surface area is 132 Å². The first-order valence-electron chi connectivity index (χ1n) is 7.61. The summed E-state index contributed by atoms with van der Waals surface area (Å²) in [7, 11) is 0. The fraction of sp³-hybridized carbons (Fsp3) is 0.316. The molecule has 0 saturated carbocycles. The number of rotatable bonds is 4. The van der Waals surface area contributed by atoms with E-state index in [1.807, 2.05) is 18.2 Å². The van der Waals surface area contributed by atoms with E-state index in [-0.39, 0.29) is 17.8 Å². The Bertz CT molecular complexity index is 661. The van der Waals surface area contributed by atoms with E-state index in [1.165, 1.54) is 0 Å². The number of hydrogen-bond donors (Lipinski definition) is 1. The van der Waals surface area contributed by atoms with Crippen molar-refractivity contribution in [1.82, 2.24) is 0 Å². The Hall–Kier alpha value is -2.29. The summed E-state index contributed by atoms with van der Waals surface area (Å²) in [6.45, 7) is 8.31. The van der Waals surface area contributed by atoms with Gasteiger partial charge in [-0.2, -0.15) is 0 Å². The number of carbonyl (C=O) groups is 1. The lowest BCUT2D eigenvalue weighted by Crippen LogP contribution is -2.15. The Morgan fingerprint density at radius 1 is 0.909 bits per heavy atom. The van der Waals surface area contributed by atoms with Crippen LogP contribution in [0.5, 0.6) is 5.75 Å². The first kappa shape index (κ1) is 16.1. The van der Waals surface area contributed by atoms with Crippen LogP contribution in [0.2, 0.25) is 0 Å². The molecule has 0 bridgehead atoms. The molecule has 0 heterocycles. The molecule has 2 aromatic carbocycles. The second kappa shape index (κ2) is 6.65. The van der Waals surface area contributed by atoms with Crippen LogP contribution in [-0.2, 0) is 0 Å². The number of esters is 1. The van der Waals surface area contributed by atoms with Gasteiger partial charge in [0.1, 0.15) is 5.75 Å². The van der Waals surface area contributed by atoms with Crippen LogP contribution < -0.4 is 10.5 Å². The van der Waals surface area contributed by atoms with Crippen molar-refractivity contribution in [3.8, 4) is 5.75 Å². The third kappa shape index (κ3) is 3.30. The number of ether oxygens (including phenoxy) is 1. The maximum absolute atomic E-state index is 12.6. The summed E-state index contributed by atoms with van der Waals surface area (Å²) in [6.07, 6.45) is 0. The van der Waals surface area contributed by atoms with Gasteiger partial charge in [-0.1, -0.05) is 45.9 Å². The highest BCUT2D eigenvalue weighted by molar-refractivity contribution is 5.94. The third-order valence-corrected chi connectivity index (χ3v) is 3.65. The maximum Gasteiger partial charge on any atom is 0.343 e. The number of para-hydroxylation sites is 1. The second-order valence-electron chi connectivity index (χ2n) is 6.04. The molecule has 0 radical (unpaired) electrons. The lowest BCUT2D eigenvalue weighted by molar-refractivity contribution is 0.0733. The quantitative estimate of drug-likeness (QED) is 0.504. The van der Waals surface area contributed by atoms with Crippen LogP contribution in [0.15, 0.2) is 42.5 Å². The van der Waals surface area contributed by atoms with E-state index in [0.29, 0.717) is 11.3 Å². The van der Waals surface area contributed by atoms with Crippen LogP contribution in [0.3, 0.4) is 0 Å². The molecule has 2 rings (SSSR count). The molecule has 0 amide bonds. The molecule has 0 aromatic heterocycles. The largest absolute Gasteiger partial charge is 0.423 e. The van der Waals surface area contributed by atoms with Crippen molar-refractivity contribution in [1.29, 1.82) is 0 Å². The van der Waals surface area contributed by atoms with Crippen molar-refractivity contribution in [3.05, 3.63) is 59.2 Å². The van der Waals surface area contributed by atoms with Crippen LogP contribution in [0.25, 0.3) is 0 Å². The highest BCUT2D eigenvalue weighted by Gasteiger charge is 2.22. The molecule has 0 aliphatic carbocycles. The van der Waals surface area contributed by atoms with Crippen molar-refractivity contribution in [2.75, 3.05) is 5.73 Å². The second-order valence-corrected chi connectivity index (χ2v) is 6.04. The molecular weight excluding hydrogens is 274 g/mol. The Morgan fingerprint density at radius 2 is 1.50 bits per heavy atom. The van der Waals surface area contributed by atoms with Gasteiger partial charge in [-0.25, -0.2) is 4.79 Å². The van der Waals surface area contributed by atoms with E-state index in [4.69, 9.17) is 10.5 Å². The first-order valence-corrected chi connectivity index (χ1v) is 7.61. The van der Waals surface area contributed by atoms with Crippen molar-refractivity contribution in [3.63, 3.8) is 0 Å². The van der Waals surface area contributed by atoms with Crippen molar-refractivity contribution in [2.45, 2.75) is 39.5 Å². The molecule has 0 atom stereocenters. The van der Waals surface area contributed by atoms with E-state index < -0.39 is 0 Å². The smallest absolute Gasteiger partial charge is 0.343 e. The number of anilines is 1. The van der Waals surface area contributed by atoms with Crippen molar-refractivity contribution in [2.24, 2.45) is 0 Å². The average molecular weight is 297 g/mol. The number of nitrogen functional groups attached to an aromatic ring is 1. The zero-order valence-corrected chi connectivity index (χ0v) is 13.6. The summed E-state index contributed by atoms with van der Waals surface area (Å²) in [4.78, 5) is 12.6. The SMILES string of the molecule is CC(C)c1c(N)ccc(C(=O)Oc2ccccc2)c1C(C)C. The lowest BCUT2D eigenvalue weighted by atomic mass is 9.85. The Balaban J connectivity index is 2.46. The Kier molecular flexibility index (Phi) is 4.86. The zero-order valence-electron chi connectivity index (χ0n) is 13.6. The fourth-order valence-corrected chi connectivity index (χ4v) is 2.75. The normalized spacial score (nSPS) is 11.0. The summed E-state index contributed by atoms with van der Waals surface area (Å²) in [5, 5.41) is 0. The fourth-order valence-electron chi connectivity index (χ4n) is 2.75. The molecule has 0 aliphatic rings. The topological polar surface area (TPSA) is 52.3 Å². The molecule has 0 spiro atoms. The molecule has 0 fully saturated rings. The number of nitrogens with two attached hydrogens (primary N) is 1. The van der Waals surface area contributed by atoms with Gasteiger partial charge in [0.15, 0.2) is 0 Å². The van der Waals surface area contributed by atoms with Crippen LogP contribution >= 0.6 is 0 Å². The lowest BCUT2D eigenvalue weighted by Gasteiger charge is -2.21. The first-order chi connectivity index (χ1) is 10.4. The molecule has 3 nitrogen and oxygen atoms in total. The molecule has 3 heteroatoms. The minimum Gasteiger partial charge on any atom is -0.423 e. The van der Waals surface area contributed by atoms with Crippen LogP contribution in [0.1, 0.15) is 61.0 Å². The molecule has 0 unspecified atom stereocenters. The molecule has 2 aromatic rings. The van der Waals surface area contributed by atoms with Gasteiger partial charge in [0.25, 0.3) is 0 Å². The number of carbonyl (C=O) groups excluding carboxylic acids is 1. The Morgan fingerprint density at radius 3 is 2.05 bits per heavy atom. The van der Waals surface area contributed by atoms with Gasteiger partial charge >= 0.3 is 5.97 Å². The standard InChI is InChI=1S/C19H23NO2/c1-12(2)17-15(10-11-16(20)18(17)13(3)4)19(21)22-14-8-6-5-7-9-14/h5-13H,20H2,1-4H3. The van der Waals surface area contributed by atoms with Crippen LogP contribution in [-0.4, -0.2) is 5.97 Å². The molecule has 116 valence electrons. The van der Waals surface area contributed by atoms with Gasteiger partial charge in [-0.3, -0.25) is 0 Å². The number of benzene rings is 2. The number of hydrogen-bond acceptors (Lipinski definition) is 3. The van der Waals surface area contributed by atoms with E-state index in [9.17, 15) is 4.79 Å².